The zero-order valence-corrected chi connectivity index (χ0v) is 12.7. The Kier molecular flexibility index (Phi) is 3.65. The van der Waals surface area contributed by atoms with Crippen molar-refractivity contribution in [2.75, 3.05) is 0 Å². The molecule has 0 fully saturated rings. The van der Waals surface area contributed by atoms with Crippen LogP contribution in [-0.4, -0.2) is 15.2 Å². The Labute approximate surface area is 132 Å². The van der Waals surface area contributed by atoms with Gasteiger partial charge >= 0.3 is 0 Å². The maximum absolute atomic E-state index is 13.2. The lowest BCUT2D eigenvalue weighted by atomic mass is 10.2. The number of hydrogen-bond donors (Lipinski definition) is 1. The first kappa shape index (κ1) is 14.0. The van der Waals surface area contributed by atoms with E-state index in [1.807, 2.05) is 0 Å². The second-order valence-electron chi connectivity index (χ2n) is 4.21. The van der Waals surface area contributed by atoms with E-state index in [2.05, 4.69) is 26.1 Å². The summed E-state index contributed by atoms with van der Waals surface area (Å²) in [6.45, 7) is 0. The van der Waals surface area contributed by atoms with Crippen molar-refractivity contribution in [3.05, 3.63) is 51.7 Å². The molecule has 7 heteroatoms. The van der Waals surface area contributed by atoms with E-state index in [-0.39, 0.29) is 17.5 Å². The second kappa shape index (κ2) is 5.46. The summed E-state index contributed by atoms with van der Waals surface area (Å²) in [5, 5.41) is 14.1. The Bertz CT molecular complexity index is 822. The maximum Gasteiger partial charge on any atom is 0.261 e. The van der Waals surface area contributed by atoms with E-state index in [0.29, 0.717) is 26.4 Å². The number of benzene rings is 2. The minimum Gasteiger partial charge on any atom is -0.507 e. The third-order valence-corrected chi connectivity index (χ3v) is 3.64. The molecule has 1 heterocycles. The Balaban J connectivity index is 2.01. The summed E-state index contributed by atoms with van der Waals surface area (Å²) in [7, 11) is 0. The van der Waals surface area contributed by atoms with Gasteiger partial charge in [0.1, 0.15) is 11.6 Å². The average molecular weight is 370 g/mol. The van der Waals surface area contributed by atoms with Crippen LogP contribution in [-0.2, 0) is 0 Å². The molecular formula is C14H7BrClFN2O2. The summed E-state index contributed by atoms with van der Waals surface area (Å²) in [6.07, 6.45) is 0. The van der Waals surface area contributed by atoms with Gasteiger partial charge in [0.15, 0.2) is 0 Å². The molecule has 2 aromatic carbocycles. The van der Waals surface area contributed by atoms with Gasteiger partial charge in [0.05, 0.1) is 10.0 Å². The monoisotopic (exact) mass is 368 g/mol. The van der Waals surface area contributed by atoms with Crippen molar-refractivity contribution in [2.45, 2.75) is 0 Å². The second-order valence-corrected chi connectivity index (χ2v) is 5.50. The number of phenols is 1. The van der Waals surface area contributed by atoms with Crippen molar-refractivity contribution in [3.8, 4) is 28.6 Å². The SMILES string of the molecule is Oc1cc(Cl)ccc1-c1nc(-c2ccc(F)c(Br)c2)no1. The molecule has 0 atom stereocenters. The first-order chi connectivity index (χ1) is 10.0. The van der Waals surface area contributed by atoms with E-state index >= 15 is 0 Å². The van der Waals surface area contributed by atoms with E-state index in [4.69, 9.17) is 16.1 Å². The summed E-state index contributed by atoms with van der Waals surface area (Å²) in [5.41, 5.74) is 0.964. The minimum atomic E-state index is -0.377. The molecule has 0 aliphatic heterocycles. The normalized spacial score (nSPS) is 10.8. The average Bonchev–Trinajstić information content (AvgIpc) is 2.91. The molecule has 0 amide bonds. The van der Waals surface area contributed by atoms with Gasteiger partial charge in [-0.1, -0.05) is 16.8 Å². The molecule has 0 bridgehead atoms. The van der Waals surface area contributed by atoms with E-state index in [1.165, 1.54) is 18.2 Å². The van der Waals surface area contributed by atoms with Gasteiger partial charge in [-0.2, -0.15) is 4.98 Å². The van der Waals surface area contributed by atoms with Crippen molar-refractivity contribution in [3.63, 3.8) is 0 Å². The van der Waals surface area contributed by atoms with Gasteiger partial charge < -0.3 is 9.63 Å². The van der Waals surface area contributed by atoms with E-state index in [0.717, 1.165) is 0 Å². The van der Waals surface area contributed by atoms with Gasteiger partial charge in [0, 0.05) is 10.6 Å². The third-order valence-electron chi connectivity index (χ3n) is 2.79. The number of aromatic hydroxyl groups is 1. The fourth-order valence-corrected chi connectivity index (χ4v) is 2.32. The van der Waals surface area contributed by atoms with Gasteiger partial charge in [-0.25, -0.2) is 4.39 Å². The standard InChI is InChI=1S/C14H7BrClFN2O2/c15-10-5-7(1-4-11(10)17)13-18-14(21-19-13)9-3-2-8(16)6-12(9)20/h1-6,20H. The minimum absolute atomic E-state index is 0.0574. The quantitative estimate of drug-likeness (QED) is 0.713. The highest BCUT2D eigenvalue weighted by Gasteiger charge is 2.15. The molecule has 1 N–H and O–H groups in total. The van der Waals surface area contributed by atoms with Crippen LogP contribution in [0.2, 0.25) is 5.02 Å². The molecule has 3 rings (SSSR count). The molecule has 0 radical (unpaired) electrons. The highest BCUT2D eigenvalue weighted by molar-refractivity contribution is 9.10. The fraction of sp³-hybridized carbons (Fsp3) is 0. The van der Waals surface area contributed by atoms with Crippen molar-refractivity contribution >= 4 is 27.5 Å². The fourth-order valence-electron chi connectivity index (χ4n) is 1.77. The highest BCUT2D eigenvalue weighted by Crippen LogP contribution is 2.32. The Morgan fingerprint density at radius 3 is 2.71 bits per heavy atom. The Morgan fingerprint density at radius 1 is 1.19 bits per heavy atom. The summed E-state index contributed by atoms with van der Waals surface area (Å²) in [6, 6.07) is 8.96. The molecule has 0 aliphatic carbocycles. The van der Waals surface area contributed by atoms with Gasteiger partial charge in [-0.3, -0.25) is 0 Å². The van der Waals surface area contributed by atoms with Gasteiger partial charge in [0.25, 0.3) is 5.89 Å². The largest absolute Gasteiger partial charge is 0.507 e. The predicted octanol–water partition coefficient (Wildman–Crippen LogP) is 4.66. The molecule has 0 saturated heterocycles. The zero-order chi connectivity index (χ0) is 15.0. The topological polar surface area (TPSA) is 59.2 Å². The van der Waals surface area contributed by atoms with Crippen molar-refractivity contribution < 1.29 is 14.0 Å². The number of halogens is 3. The van der Waals surface area contributed by atoms with Gasteiger partial charge in [-0.15, -0.1) is 0 Å². The van der Waals surface area contributed by atoms with Crippen LogP contribution in [0.15, 0.2) is 45.4 Å². The molecule has 106 valence electrons. The van der Waals surface area contributed by atoms with Crippen LogP contribution in [0, 0.1) is 5.82 Å². The van der Waals surface area contributed by atoms with E-state index < -0.39 is 0 Å². The van der Waals surface area contributed by atoms with Crippen molar-refractivity contribution in [2.24, 2.45) is 0 Å². The van der Waals surface area contributed by atoms with Crippen LogP contribution in [0.1, 0.15) is 0 Å². The summed E-state index contributed by atoms with van der Waals surface area (Å²) < 4.78 is 18.6. The highest BCUT2D eigenvalue weighted by atomic mass is 79.9. The first-order valence-electron chi connectivity index (χ1n) is 5.82. The number of hydrogen-bond acceptors (Lipinski definition) is 4. The maximum atomic E-state index is 13.2. The predicted molar refractivity (Wildman–Crippen MR) is 79.5 cm³/mol. The number of aromatic nitrogens is 2. The Morgan fingerprint density at radius 2 is 2.00 bits per heavy atom. The van der Waals surface area contributed by atoms with Crippen LogP contribution in [0.5, 0.6) is 5.75 Å². The molecule has 0 saturated carbocycles. The lowest BCUT2D eigenvalue weighted by Crippen LogP contribution is -1.84. The van der Waals surface area contributed by atoms with Crippen LogP contribution >= 0.6 is 27.5 Å². The zero-order valence-electron chi connectivity index (χ0n) is 10.3. The molecule has 21 heavy (non-hydrogen) atoms. The van der Waals surface area contributed by atoms with Crippen molar-refractivity contribution in [1.29, 1.82) is 0 Å². The molecule has 0 unspecified atom stereocenters. The summed E-state index contributed by atoms with van der Waals surface area (Å²) >= 11 is 8.87. The molecule has 1 aromatic heterocycles. The molecular weight excluding hydrogens is 363 g/mol. The lowest BCUT2D eigenvalue weighted by Gasteiger charge is -1.99. The van der Waals surface area contributed by atoms with Crippen LogP contribution in [0.4, 0.5) is 4.39 Å². The number of nitrogens with zero attached hydrogens (tertiary/aromatic N) is 2. The number of rotatable bonds is 2. The van der Waals surface area contributed by atoms with Crippen LogP contribution in [0.25, 0.3) is 22.8 Å². The van der Waals surface area contributed by atoms with Crippen molar-refractivity contribution in [1.82, 2.24) is 10.1 Å². The Hall–Kier alpha value is -1.92. The third kappa shape index (κ3) is 2.77. The summed E-state index contributed by atoms with van der Waals surface area (Å²) in [4.78, 5) is 4.19. The first-order valence-corrected chi connectivity index (χ1v) is 7.00. The van der Waals surface area contributed by atoms with Crippen LogP contribution < -0.4 is 0 Å². The number of phenolic OH excluding ortho intramolecular Hbond substituents is 1. The smallest absolute Gasteiger partial charge is 0.261 e. The lowest BCUT2D eigenvalue weighted by molar-refractivity contribution is 0.425. The molecule has 3 aromatic rings. The molecule has 0 spiro atoms. The molecule has 0 aliphatic rings. The van der Waals surface area contributed by atoms with Gasteiger partial charge in [-0.05, 0) is 52.3 Å². The van der Waals surface area contributed by atoms with E-state index in [1.54, 1.807) is 18.2 Å². The van der Waals surface area contributed by atoms with E-state index in [9.17, 15) is 9.50 Å². The van der Waals surface area contributed by atoms with Gasteiger partial charge in [0.2, 0.25) is 5.82 Å². The molecule has 4 nitrogen and oxygen atoms in total. The summed E-state index contributed by atoms with van der Waals surface area (Å²) in [5.74, 6) is 0.00969. The van der Waals surface area contributed by atoms with Crippen LogP contribution in [0.3, 0.4) is 0 Å².